The Labute approximate surface area is 164 Å². The third kappa shape index (κ3) is 2.52. The number of aromatic nitrogens is 2. The Balaban J connectivity index is 1.58. The highest BCUT2D eigenvalue weighted by molar-refractivity contribution is 6.08. The average molecular weight is 373 g/mol. The molecule has 2 aromatic heterocycles. The highest BCUT2D eigenvalue weighted by Gasteiger charge is 2.32. The van der Waals surface area contributed by atoms with Crippen LogP contribution in [-0.4, -0.2) is 28.5 Å². The first-order chi connectivity index (χ1) is 13.6. The molecule has 1 amide bonds. The fourth-order valence-corrected chi connectivity index (χ4v) is 4.23. The van der Waals surface area contributed by atoms with Crippen molar-refractivity contribution >= 4 is 17.3 Å². The zero-order valence-electron chi connectivity index (χ0n) is 16.1. The molecule has 142 valence electrons. The number of benzene rings is 1. The van der Waals surface area contributed by atoms with Crippen molar-refractivity contribution < 1.29 is 4.79 Å². The van der Waals surface area contributed by atoms with Gasteiger partial charge < -0.3 is 9.47 Å². The van der Waals surface area contributed by atoms with Crippen LogP contribution in [0.4, 0.5) is 11.4 Å². The molecule has 6 heteroatoms. The van der Waals surface area contributed by atoms with E-state index >= 15 is 0 Å². The molecule has 0 spiro atoms. The molecule has 0 radical (unpaired) electrons. The Kier molecular flexibility index (Phi) is 3.94. The van der Waals surface area contributed by atoms with Gasteiger partial charge in [-0.15, -0.1) is 0 Å². The standard InChI is InChI=1S/C22H23N5O/c1-15-20-14-24-27(17-7-9-23-10-8-17)22(28)21(20)16(2)26(15)19-6-3-5-18(13-19)25-11-4-12-25/h3,5-10,13,24H,4,11-12,14H2,1-2H3. The number of carbonyl (C=O) groups excluding carboxylic acids is 1. The Hall–Kier alpha value is -3.12. The number of anilines is 2. The number of nitrogens with zero attached hydrogens (tertiary/aromatic N) is 4. The summed E-state index contributed by atoms with van der Waals surface area (Å²) in [6, 6.07) is 12.3. The third-order valence-electron chi connectivity index (χ3n) is 5.83. The third-order valence-corrected chi connectivity index (χ3v) is 5.83. The van der Waals surface area contributed by atoms with Gasteiger partial charge in [0.05, 0.1) is 11.3 Å². The molecule has 28 heavy (non-hydrogen) atoms. The topological polar surface area (TPSA) is 53.4 Å². The SMILES string of the molecule is Cc1c2c(c(C)n1-c1cccc(N3CCC3)c1)C(=O)N(c1ccncc1)NC2. The van der Waals surface area contributed by atoms with Gasteiger partial charge >= 0.3 is 0 Å². The minimum Gasteiger partial charge on any atom is -0.371 e. The van der Waals surface area contributed by atoms with Gasteiger partial charge in [-0.25, -0.2) is 10.4 Å². The monoisotopic (exact) mass is 373 g/mol. The number of amides is 1. The van der Waals surface area contributed by atoms with Crippen LogP contribution in [0.5, 0.6) is 0 Å². The summed E-state index contributed by atoms with van der Waals surface area (Å²) in [4.78, 5) is 19.7. The van der Waals surface area contributed by atoms with Gasteiger partial charge in [0.15, 0.2) is 0 Å². The summed E-state index contributed by atoms with van der Waals surface area (Å²) in [6.45, 7) is 6.99. The van der Waals surface area contributed by atoms with E-state index in [-0.39, 0.29) is 5.91 Å². The molecular weight excluding hydrogens is 350 g/mol. The van der Waals surface area contributed by atoms with Crippen LogP contribution in [0, 0.1) is 13.8 Å². The van der Waals surface area contributed by atoms with Gasteiger partial charge in [0.2, 0.25) is 0 Å². The first kappa shape index (κ1) is 17.0. The summed E-state index contributed by atoms with van der Waals surface area (Å²) in [5.74, 6) is -0.0225. The van der Waals surface area contributed by atoms with Gasteiger partial charge in [0, 0.05) is 60.4 Å². The molecule has 5 rings (SSSR count). The van der Waals surface area contributed by atoms with Crippen LogP contribution in [0.25, 0.3) is 5.69 Å². The van der Waals surface area contributed by atoms with E-state index in [0.29, 0.717) is 6.54 Å². The fraction of sp³-hybridized carbons (Fsp3) is 0.273. The first-order valence-electron chi connectivity index (χ1n) is 9.69. The number of hydrazine groups is 1. The van der Waals surface area contributed by atoms with Crippen molar-refractivity contribution in [3.8, 4) is 5.69 Å². The maximum atomic E-state index is 13.3. The molecule has 2 aliphatic rings. The summed E-state index contributed by atoms with van der Waals surface area (Å²) in [5.41, 5.74) is 10.4. The molecule has 1 fully saturated rings. The summed E-state index contributed by atoms with van der Waals surface area (Å²) in [6.07, 6.45) is 4.65. The second-order valence-electron chi connectivity index (χ2n) is 7.40. The molecule has 1 saturated heterocycles. The second kappa shape index (κ2) is 6.49. The van der Waals surface area contributed by atoms with Crippen LogP contribution >= 0.6 is 0 Å². The molecule has 0 unspecified atom stereocenters. The van der Waals surface area contributed by atoms with Crippen LogP contribution in [0.3, 0.4) is 0 Å². The normalized spacial score (nSPS) is 16.1. The van der Waals surface area contributed by atoms with Crippen LogP contribution < -0.4 is 15.3 Å². The molecule has 3 aromatic rings. The van der Waals surface area contributed by atoms with E-state index in [4.69, 9.17) is 0 Å². The number of carbonyl (C=O) groups is 1. The summed E-state index contributed by atoms with van der Waals surface area (Å²) in [7, 11) is 0. The summed E-state index contributed by atoms with van der Waals surface area (Å²) in [5, 5.41) is 1.62. The van der Waals surface area contributed by atoms with Crippen LogP contribution in [0.15, 0.2) is 48.8 Å². The van der Waals surface area contributed by atoms with E-state index in [9.17, 15) is 4.79 Å². The first-order valence-corrected chi connectivity index (χ1v) is 9.69. The minimum absolute atomic E-state index is 0.0225. The van der Waals surface area contributed by atoms with Crippen molar-refractivity contribution in [1.29, 1.82) is 0 Å². The predicted octanol–water partition coefficient (Wildman–Crippen LogP) is 3.36. The molecular formula is C22H23N5O. The lowest BCUT2D eigenvalue weighted by atomic mass is 10.1. The zero-order valence-corrected chi connectivity index (χ0v) is 16.1. The molecule has 2 aliphatic heterocycles. The Morgan fingerprint density at radius 3 is 2.43 bits per heavy atom. The predicted molar refractivity (Wildman–Crippen MR) is 110 cm³/mol. The average Bonchev–Trinajstić information content (AvgIpc) is 2.93. The molecule has 0 atom stereocenters. The Morgan fingerprint density at radius 1 is 0.964 bits per heavy atom. The zero-order chi connectivity index (χ0) is 19.3. The summed E-state index contributed by atoms with van der Waals surface area (Å²) >= 11 is 0. The minimum atomic E-state index is -0.0225. The number of hydrogen-bond donors (Lipinski definition) is 1. The number of rotatable bonds is 3. The van der Waals surface area contributed by atoms with E-state index in [0.717, 1.165) is 47.0 Å². The molecule has 0 bridgehead atoms. The molecule has 0 saturated carbocycles. The van der Waals surface area contributed by atoms with Gasteiger partial charge in [-0.2, -0.15) is 0 Å². The van der Waals surface area contributed by atoms with Gasteiger partial charge in [-0.1, -0.05) is 6.07 Å². The lowest BCUT2D eigenvalue weighted by Gasteiger charge is -2.33. The van der Waals surface area contributed by atoms with E-state index in [1.165, 1.54) is 12.1 Å². The molecule has 1 aromatic carbocycles. The van der Waals surface area contributed by atoms with E-state index in [2.05, 4.69) is 51.1 Å². The highest BCUT2D eigenvalue weighted by Crippen LogP contribution is 2.32. The van der Waals surface area contributed by atoms with Crippen LogP contribution in [0.2, 0.25) is 0 Å². The number of hydrogen-bond acceptors (Lipinski definition) is 4. The van der Waals surface area contributed by atoms with Gasteiger partial charge in [0.25, 0.3) is 5.91 Å². The van der Waals surface area contributed by atoms with Crippen molar-refractivity contribution in [2.45, 2.75) is 26.8 Å². The van der Waals surface area contributed by atoms with Crippen LogP contribution in [-0.2, 0) is 6.54 Å². The highest BCUT2D eigenvalue weighted by atomic mass is 16.2. The summed E-state index contributed by atoms with van der Waals surface area (Å²) < 4.78 is 2.21. The lowest BCUT2D eigenvalue weighted by molar-refractivity contribution is 0.0963. The lowest BCUT2D eigenvalue weighted by Crippen LogP contribution is -2.46. The van der Waals surface area contributed by atoms with E-state index < -0.39 is 0 Å². The van der Waals surface area contributed by atoms with Crippen molar-refractivity contribution in [2.24, 2.45) is 0 Å². The largest absolute Gasteiger partial charge is 0.371 e. The van der Waals surface area contributed by atoms with Crippen molar-refractivity contribution in [3.63, 3.8) is 0 Å². The van der Waals surface area contributed by atoms with Gasteiger partial charge in [0.1, 0.15) is 0 Å². The van der Waals surface area contributed by atoms with Crippen molar-refractivity contribution in [2.75, 3.05) is 23.0 Å². The Morgan fingerprint density at radius 2 is 1.71 bits per heavy atom. The number of fused-ring (bicyclic) bond motifs is 1. The molecule has 1 N–H and O–H groups in total. The molecule has 4 heterocycles. The maximum absolute atomic E-state index is 13.3. The fourth-order valence-electron chi connectivity index (χ4n) is 4.23. The smallest absolute Gasteiger partial charge is 0.274 e. The van der Waals surface area contributed by atoms with Crippen LogP contribution in [0.1, 0.15) is 33.7 Å². The van der Waals surface area contributed by atoms with E-state index in [1.807, 2.05) is 19.1 Å². The van der Waals surface area contributed by atoms with Gasteiger partial charge in [-0.05, 0) is 50.6 Å². The number of pyridine rings is 1. The van der Waals surface area contributed by atoms with E-state index in [1.54, 1.807) is 17.4 Å². The van der Waals surface area contributed by atoms with Crippen molar-refractivity contribution in [1.82, 2.24) is 15.0 Å². The Bertz CT molecular complexity index is 1050. The van der Waals surface area contributed by atoms with Crippen molar-refractivity contribution in [3.05, 3.63) is 71.3 Å². The second-order valence-corrected chi connectivity index (χ2v) is 7.40. The maximum Gasteiger partial charge on any atom is 0.274 e. The number of nitrogens with one attached hydrogen (secondary N) is 1. The van der Waals surface area contributed by atoms with Gasteiger partial charge in [-0.3, -0.25) is 9.78 Å². The quantitative estimate of drug-likeness (QED) is 0.765. The molecule has 0 aliphatic carbocycles. The molecule has 6 nitrogen and oxygen atoms in total.